The van der Waals surface area contributed by atoms with Crippen LogP contribution in [-0.2, 0) is 15.8 Å². The molecule has 0 saturated carbocycles. The molecule has 2 N–H and O–H groups in total. The van der Waals surface area contributed by atoms with Gasteiger partial charge in [0, 0.05) is 0 Å². The highest BCUT2D eigenvalue weighted by molar-refractivity contribution is 5.79. The summed E-state index contributed by atoms with van der Waals surface area (Å²) in [5.74, 6) is -1.20. The number of rotatable bonds is 3. The quantitative estimate of drug-likeness (QED) is 0.867. The lowest BCUT2D eigenvalue weighted by Gasteiger charge is -2.26. The number of hydrogen-bond acceptors (Lipinski definition) is 2. The van der Waals surface area contributed by atoms with Gasteiger partial charge in [0.05, 0.1) is 0 Å². The Morgan fingerprint density at radius 2 is 1.83 bits per heavy atom. The minimum atomic E-state index is -1.79. The summed E-state index contributed by atoms with van der Waals surface area (Å²) in [6, 6.07) is 5.58. The second kappa shape index (κ2) is 4.73. The van der Waals surface area contributed by atoms with Crippen molar-refractivity contribution < 1.29 is 15.0 Å². The van der Waals surface area contributed by atoms with Crippen molar-refractivity contribution in [3.05, 3.63) is 34.9 Å². The van der Waals surface area contributed by atoms with Crippen molar-refractivity contribution in [1.82, 2.24) is 0 Å². The number of carboxylic acids is 1. The average molecular weight is 250 g/mol. The Labute approximate surface area is 108 Å². The molecular formula is C15H22O3. The molecule has 0 spiro atoms. The standard InChI is InChI=1S/C15H22O3/c1-6-15(18,13(16)17)12-8-7-11(9-10(12)2)14(3,4)5/h7-9,18H,6H2,1-5H3,(H,16,17). The summed E-state index contributed by atoms with van der Waals surface area (Å²) < 4.78 is 0. The lowest BCUT2D eigenvalue weighted by atomic mass is 9.81. The van der Waals surface area contributed by atoms with Gasteiger partial charge in [0.2, 0.25) is 0 Å². The molecule has 1 atom stereocenters. The SMILES string of the molecule is CCC(O)(C(=O)O)c1ccc(C(C)(C)C)cc1C. The van der Waals surface area contributed by atoms with E-state index in [1.54, 1.807) is 13.0 Å². The predicted octanol–water partition coefficient (Wildman–Crippen LogP) is 2.97. The molecule has 0 amide bonds. The minimum Gasteiger partial charge on any atom is -0.479 e. The van der Waals surface area contributed by atoms with Crippen molar-refractivity contribution in [2.24, 2.45) is 0 Å². The van der Waals surface area contributed by atoms with Gasteiger partial charge in [-0.15, -0.1) is 0 Å². The Kier molecular flexibility index (Phi) is 3.86. The highest BCUT2D eigenvalue weighted by atomic mass is 16.4. The molecule has 3 nitrogen and oxygen atoms in total. The van der Waals surface area contributed by atoms with Crippen molar-refractivity contribution >= 4 is 5.97 Å². The van der Waals surface area contributed by atoms with Gasteiger partial charge in [0.15, 0.2) is 5.60 Å². The molecule has 0 saturated heterocycles. The summed E-state index contributed by atoms with van der Waals surface area (Å²) in [6.07, 6.45) is 0.151. The van der Waals surface area contributed by atoms with E-state index in [1.807, 2.05) is 19.1 Å². The highest BCUT2D eigenvalue weighted by Crippen LogP contribution is 2.31. The third-order valence-corrected chi connectivity index (χ3v) is 3.40. The molecule has 1 aromatic rings. The van der Waals surface area contributed by atoms with Crippen LogP contribution in [0.3, 0.4) is 0 Å². The molecule has 1 aromatic carbocycles. The minimum absolute atomic E-state index is 0.0108. The van der Waals surface area contributed by atoms with E-state index in [9.17, 15) is 15.0 Å². The zero-order valence-corrected chi connectivity index (χ0v) is 11.7. The fourth-order valence-corrected chi connectivity index (χ4v) is 2.05. The molecule has 0 heterocycles. The Balaban J connectivity index is 3.33. The number of aliphatic carboxylic acids is 1. The summed E-state index contributed by atoms with van der Waals surface area (Å²) >= 11 is 0. The molecule has 100 valence electrons. The molecule has 0 aliphatic heterocycles. The van der Waals surface area contributed by atoms with E-state index in [1.165, 1.54) is 0 Å². The maximum absolute atomic E-state index is 11.2. The number of hydrogen-bond donors (Lipinski definition) is 2. The van der Waals surface area contributed by atoms with E-state index in [4.69, 9.17) is 0 Å². The third kappa shape index (κ3) is 2.56. The van der Waals surface area contributed by atoms with E-state index in [-0.39, 0.29) is 11.8 Å². The van der Waals surface area contributed by atoms with Gasteiger partial charge in [-0.2, -0.15) is 0 Å². The number of benzene rings is 1. The number of aryl methyl sites for hydroxylation is 1. The summed E-state index contributed by atoms with van der Waals surface area (Å²) in [5, 5.41) is 19.4. The van der Waals surface area contributed by atoms with E-state index >= 15 is 0 Å². The van der Waals surface area contributed by atoms with Crippen LogP contribution in [-0.4, -0.2) is 16.2 Å². The van der Waals surface area contributed by atoms with Crippen molar-refractivity contribution in [3.8, 4) is 0 Å². The van der Waals surface area contributed by atoms with Crippen LogP contribution in [0.25, 0.3) is 0 Å². The molecule has 1 rings (SSSR count). The summed E-state index contributed by atoms with van der Waals surface area (Å²) in [7, 11) is 0. The van der Waals surface area contributed by atoms with Gasteiger partial charge in [0.25, 0.3) is 0 Å². The van der Waals surface area contributed by atoms with Crippen molar-refractivity contribution in [3.63, 3.8) is 0 Å². The van der Waals surface area contributed by atoms with Crippen LogP contribution in [0, 0.1) is 6.92 Å². The predicted molar refractivity (Wildman–Crippen MR) is 71.7 cm³/mol. The normalized spacial score (nSPS) is 15.2. The third-order valence-electron chi connectivity index (χ3n) is 3.40. The smallest absolute Gasteiger partial charge is 0.340 e. The zero-order chi connectivity index (χ0) is 14.1. The van der Waals surface area contributed by atoms with Crippen LogP contribution in [0.15, 0.2) is 18.2 Å². The monoisotopic (exact) mass is 250 g/mol. The van der Waals surface area contributed by atoms with Crippen LogP contribution < -0.4 is 0 Å². The second-order valence-electron chi connectivity index (χ2n) is 5.80. The van der Waals surface area contributed by atoms with Gasteiger partial charge < -0.3 is 10.2 Å². The number of carbonyl (C=O) groups is 1. The summed E-state index contributed by atoms with van der Waals surface area (Å²) in [5.41, 5.74) is 0.643. The Morgan fingerprint density at radius 3 is 2.17 bits per heavy atom. The molecule has 0 bridgehead atoms. The average Bonchev–Trinajstić information content (AvgIpc) is 2.26. The Morgan fingerprint density at radius 1 is 1.28 bits per heavy atom. The summed E-state index contributed by atoms with van der Waals surface area (Å²) in [6.45, 7) is 9.82. The molecule has 0 aliphatic carbocycles. The second-order valence-corrected chi connectivity index (χ2v) is 5.80. The van der Waals surface area contributed by atoms with Crippen molar-refractivity contribution in [2.45, 2.75) is 52.1 Å². The van der Waals surface area contributed by atoms with Gasteiger partial charge in [-0.25, -0.2) is 4.79 Å². The molecule has 18 heavy (non-hydrogen) atoms. The largest absolute Gasteiger partial charge is 0.479 e. The van der Waals surface area contributed by atoms with E-state index in [0.717, 1.165) is 11.1 Å². The fourth-order valence-electron chi connectivity index (χ4n) is 2.05. The molecule has 1 unspecified atom stereocenters. The molecule has 0 aliphatic rings. The Hall–Kier alpha value is -1.35. The number of aliphatic hydroxyl groups is 1. The van der Waals surface area contributed by atoms with Crippen LogP contribution in [0.5, 0.6) is 0 Å². The topological polar surface area (TPSA) is 57.5 Å². The van der Waals surface area contributed by atoms with E-state index < -0.39 is 11.6 Å². The summed E-state index contributed by atoms with van der Waals surface area (Å²) in [4.78, 5) is 11.2. The van der Waals surface area contributed by atoms with Crippen LogP contribution in [0.1, 0.15) is 50.8 Å². The van der Waals surface area contributed by atoms with Gasteiger partial charge in [0.1, 0.15) is 0 Å². The first-order valence-corrected chi connectivity index (χ1v) is 6.20. The fraction of sp³-hybridized carbons (Fsp3) is 0.533. The lowest BCUT2D eigenvalue weighted by Crippen LogP contribution is -2.35. The Bertz CT molecular complexity index is 457. The van der Waals surface area contributed by atoms with Gasteiger partial charge in [-0.3, -0.25) is 0 Å². The zero-order valence-electron chi connectivity index (χ0n) is 11.7. The van der Waals surface area contributed by atoms with Crippen molar-refractivity contribution in [2.75, 3.05) is 0 Å². The maximum Gasteiger partial charge on any atom is 0.340 e. The van der Waals surface area contributed by atoms with Gasteiger partial charge in [-0.05, 0) is 35.4 Å². The number of carboxylic acid groups (broad SMARTS) is 1. The van der Waals surface area contributed by atoms with E-state index in [0.29, 0.717) is 5.56 Å². The van der Waals surface area contributed by atoms with Gasteiger partial charge >= 0.3 is 5.97 Å². The van der Waals surface area contributed by atoms with Crippen LogP contribution in [0.4, 0.5) is 0 Å². The van der Waals surface area contributed by atoms with Gasteiger partial charge in [-0.1, -0.05) is 45.9 Å². The molecule has 3 heteroatoms. The first-order chi connectivity index (χ1) is 8.13. The van der Waals surface area contributed by atoms with Crippen LogP contribution >= 0.6 is 0 Å². The van der Waals surface area contributed by atoms with Crippen molar-refractivity contribution in [1.29, 1.82) is 0 Å². The maximum atomic E-state index is 11.2. The lowest BCUT2D eigenvalue weighted by molar-refractivity contribution is -0.160. The molecule has 0 radical (unpaired) electrons. The van der Waals surface area contributed by atoms with Crippen LogP contribution in [0.2, 0.25) is 0 Å². The van der Waals surface area contributed by atoms with E-state index in [2.05, 4.69) is 20.8 Å². The highest BCUT2D eigenvalue weighted by Gasteiger charge is 2.37. The molecule has 0 fully saturated rings. The molecular weight excluding hydrogens is 228 g/mol. The first kappa shape index (κ1) is 14.7. The molecule has 0 aromatic heterocycles. The first-order valence-electron chi connectivity index (χ1n) is 6.20.